The van der Waals surface area contributed by atoms with Crippen LogP contribution in [-0.4, -0.2) is 37.4 Å². The smallest absolute Gasteiger partial charge is 0.305 e. The molecule has 5 heteroatoms. The summed E-state index contributed by atoms with van der Waals surface area (Å²) in [5.41, 5.74) is 0. The number of hydrogen-bond donors (Lipinski definition) is 0. The SMILES string of the molecule is CCCCCCCOC(CCCCC(=O)OCCCCCCBr)OCCCCCCC. The highest BCUT2D eigenvalue weighted by molar-refractivity contribution is 9.09. The number of hydrogen-bond acceptors (Lipinski definition) is 4. The van der Waals surface area contributed by atoms with Crippen LogP contribution in [-0.2, 0) is 19.0 Å². The molecule has 0 aromatic rings. The van der Waals surface area contributed by atoms with Crippen LogP contribution in [0.2, 0.25) is 0 Å². The molecule has 0 fully saturated rings. The van der Waals surface area contributed by atoms with Crippen molar-refractivity contribution in [2.24, 2.45) is 0 Å². The maximum Gasteiger partial charge on any atom is 0.305 e. The van der Waals surface area contributed by atoms with Crippen molar-refractivity contribution < 1.29 is 19.0 Å². The lowest BCUT2D eigenvalue weighted by Crippen LogP contribution is -2.19. The Hall–Kier alpha value is -0.130. The minimum absolute atomic E-state index is 0.0641. The summed E-state index contributed by atoms with van der Waals surface area (Å²) in [5.74, 6) is -0.0641. The van der Waals surface area contributed by atoms with Gasteiger partial charge < -0.3 is 14.2 Å². The van der Waals surface area contributed by atoms with Gasteiger partial charge in [-0.05, 0) is 44.9 Å². The molecule has 4 nitrogen and oxygen atoms in total. The van der Waals surface area contributed by atoms with Gasteiger partial charge in [0.05, 0.1) is 6.61 Å². The van der Waals surface area contributed by atoms with Crippen LogP contribution in [0.3, 0.4) is 0 Å². The summed E-state index contributed by atoms with van der Waals surface area (Å²) in [5, 5.41) is 1.05. The van der Waals surface area contributed by atoms with Crippen molar-refractivity contribution in [1.82, 2.24) is 0 Å². The van der Waals surface area contributed by atoms with Gasteiger partial charge in [-0.15, -0.1) is 0 Å². The Morgan fingerprint density at radius 3 is 1.71 bits per heavy atom. The molecule has 31 heavy (non-hydrogen) atoms. The number of halogens is 1. The number of ether oxygens (including phenoxy) is 3. The van der Waals surface area contributed by atoms with Crippen LogP contribution in [0.4, 0.5) is 0 Å². The molecule has 0 N–H and O–H groups in total. The van der Waals surface area contributed by atoms with E-state index >= 15 is 0 Å². The molecule has 0 bridgehead atoms. The van der Waals surface area contributed by atoms with Crippen molar-refractivity contribution in [3.05, 3.63) is 0 Å². The molecule has 0 rings (SSSR count). The van der Waals surface area contributed by atoms with E-state index in [9.17, 15) is 4.79 Å². The highest BCUT2D eigenvalue weighted by Gasteiger charge is 2.11. The van der Waals surface area contributed by atoms with Crippen LogP contribution in [0.1, 0.15) is 129 Å². The molecule has 0 saturated carbocycles. The predicted molar refractivity (Wildman–Crippen MR) is 135 cm³/mol. The Bertz CT molecular complexity index is 349. The van der Waals surface area contributed by atoms with Crippen molar-refractivity contribution in [2.45, 2.75) is 136 Å². The van der Waals surface area contributed by atoms with E-state index < -0.39 is 0 Å². The fraction of sp³-hybridized carbons (Fsp3) is 0.962. The number of alkyl halides is 1. The van der Waals surface area contributed by atoms with Crippen LogP contribution in [0.15, 0.2) is 0 Å². The minimum atomic E-state index is -0.122. The van der Waals surface area contributed by atoms with Gasteiger partial charge in [0, 0.05) is 25.0 Å². The van der Waals surface area contributed by atoms with Gasteiger partial charge in [-0.1, -0.05) is 94.0 Å². The van der Waals surface area contributed by atoms with E-state index in [-0.39, 0.29) is 12.3 Å². The zero-order chi connectivity index (χ0) is 22.8. The number of rotatable bonds is 25. The molecule has 0 aliphatic heterocycles. The topological polar surface area (TPSA) is 44.8 Å². The molecule has 0 aromatic heterocycles. The zero-order valence-electron chi connectivity index (χ0n) is 20.6. The Labute approximate surface area is 201 Å². The first-order chi connectivity index (χ1) is 15.2. The number of carbonyl (C=O) groups excluding carboxylic acids is 1. The van der Waals surface area contributed by atoms with Crippen molar-refractivity contribution >= 4 is 21.9 Å². The molecule has 0 aromatic carbocycles. The highest BCUT2D eigenvalue weighted by atomic mass is 79.9. The van der Waals surface area contributed by atoms with Crippen LogP contribution < -0.4 is 0 Å². The Kier molecular flexibility index (Phi) is 26.0. The van der Waals surface area contributed by atoms with Gasteiger partial charge in [-0.25, -0.2) is 0 Å². The Balaban J connectivity index is 3.89. The second-order valence-corrected chi connectivity index (χ2v) is 9.36. The van der Waals surface area contributed by atoms with Gasteiger partial charge in [-0.2, -0.15) is 0 Å². The molecule has 0 radical (unpaired) electrons. The first-order valence-electron chi connectivity index (χ1n) is 13.2. The molecule has 0 atom stereocenters. The van der Waals surface area contributed by atoms with Gasteiger partial charge in [0.2, 0.25) is 0 Å². The molecule has 0 unspecified atom stereocenters. The van der Waals surface area contributed by atoms with Crippen LogP contribution >= 0.6 is 15.9 Å². The summed E-state index contributed by atoms with van der Waals surface area (Å²) in [6.45, 7) is 6.60. The first kappa shape index (κ1) is 30.9. The van der Waals surface area contributed by atoms with Gasteiger partial charge >= 0.3 is 5.97 Å². The van der Waals surface area contributed by atoms with E-state index in [1.54, 1.807) is 0 Å². The van der Waals surface area contributed by atoms with E-state index in [2.05, 4.69) is 29.8 Å². The second kappa shape index (κ2) is 26.1. The lowest BCUT2D eigenvalue weighted by Gasteiger charge is -2.19. The standard InChI is InChI=1S/C26H51BrO4/c1-3-5-7-10-17-23-30-26(31-24-18-11-8-6-4-2)20-14-13-19-25(28)29-22-16-12-9-15-21-27/h26H,3-24H2,1-2H3. The first-order valence-corrected chi connectivity index (χ1v) is 14.3. The summed E-state index contributed by atoms with van der Waals surface area (Å²) in [7, 11) is 0. The maximum absolute atomic E-state index is 11.9. The fourth-order valence-corrected chi connectivity index (χ4v) is 3.84. The number of unbranched alkanes of at least 4 members (excludes halogenated alkanes) is 12. The molecule has 186 valence electrons. The quantitative estimate of drug-likeness (QED) is 0.0539. The van der Waals surface area contributed by atoms with Gasteiger partial charge in [0.1, 0.15) is 0 Å². The van der Waals surface area contributed by atoms with E-state index in [1.165, 1.54) is 64.2 Å². The van der Waals surface area contributed by atoms with E-state index in [0.29, 0.717) is 13.0 Å². The van der Waals surface area contributed by atoms with E-state index in [4.69, 9.17) is 14.2 Å². The monoisotopic (exact) mass is 506 g/mol. The van der Waals surface area contributed by atoms with E-state index in [1.807, 2.05) is 0 Å². The molecule has 0 aliphatic rings. The third-order valence-corrected chi connectivity index (χ3v) is 6.03. The van der Waals surface area contributed by atoms with Crippen molar-refractivity contribution in [2.75, 3.05) is 25.2 Å². The Morgan fingerprint density at radius 1 is 0.645 bits per heavy atom. The summed E-state index contributed by atoms with van der Waals surface area (Å²) in [6, 6.07) is 0. The van der Waals surface area contributed by atoms with Gasteiger partial charge in [-0.3, -0.25) is 4.79 Å². The summed E-state index contributed by atoms with van der Waals surface area (Å²) in [4.78, 5) is 11.9. The molecular weight excluding hydrogens is 456 g/mol. The third-order valence-electron chi connectivity index (χ3n) is 5.47. The molecule has 0 amide bonds. The lowest BCUT2D eigenvalue weighted by atomic mass is 10.1. The van der Waals surface area contributed by atoms with Crippen LogP contribution in [0.25, 0.3) is 0 Å². The molecule has 0 aliphatic carbocycles. The van der Waals surface area contributed by atoms with Crippen molar-refractivity contribution in [3.63, 3.8) is 0 Å². The summed E-state index contributed by atoms with van der Waals surface area (Å²) < 4.78 is 17.4. The summed E-state index contributed by atoms with van der Waals surface area (Å²) in [6.07, 6.45) is 20.0. The normalized spacial score (nSPS) is 11.4. The van der Waals surface area contributed by atoms with Crippen LogP contribution in [0.5, 0.6) is 0 Å². The van der Waals surface area contributed by atoms with Crippen LogP contribution in [0, 0.1) is 0 Å². The highest BCUT2D eigenvalue weighted by Crippen LogP contribution is 2.13. The molecule has 0 spiro atoms. The van der Waals surface area contributed by atoms with E-state index in [0.717, 1.165) is 63.5 Å². The maximum atomic E-state index is 11.9. The predicted octanol–water partition coefficient (Wildman–Crippen LogP) is 8.35. The minimum Gasteiger partial charge on any atom is -0.466 e. The van der Waals surface area contributed by atoms with Crippen molar-refractivity contribution in [1.29, 1.82) is 0 Å². The van der Waals surface area contributed by atoms with Gasteiger partial charge in [0.25, 0.3) is 0 Å². The second-order valence-electron chi connectivity index (χ2n) is 8.57. The largest absolute Gasteiger partial charge is 0.466 e. The number of esters is 1. The third kappa shape index (κ3) is 24.3. The number of carbonyl (C=O) groups is 1. The average molecular weight is 508 g/mol. The molecular formula is C26H51BrO4. The van der Waals surface area contributed by atoms with Crippen molar-refractivity contribution in [3.8, 4) is 0 Å². The lowest BCUT2D eigenvalue weighted by molar-refractivity contribution is -0.149. The summed E-state index contributed by atoms with van der Waals surface area (Å²) >= 11 is 3.44. The Morgan fingerprint density at radius 2 is 1.16 bits per heavy atom. The molecule has 0 saturated heterocycles. The molecule has 0 heterocycles. The average Bonchev–Trinajstić information content (AvgIpc) is 2.77. The van der Waals surface area contributed by atoms with Gasteiger partial charge in [0.15, 0.2) is 6.29 Å². The fourth-order valence-electron chi connectivity index (χ4n) is 3.44. The zero-order valence-corrected chi connectivity index (χ0v) is 22.2.